The summed E-state index contributed by atoms with van der Waals surface area (Å²) in [4.78, 5) is 14.7. The van der Waals surface area contributed by atoms with Crippen molar-refractivity contribution in [1.29, 1.82) is 0 Å². The van der Waals surface area contributed by atoms with E-state index < -0.39 is 5.97 Å². The molecule has 0 saturated heterocycles. The molecule has 0 saturated carbocycles. The molecule has 0 fully saturated rings. The van der Waals surface area contributed by atoms with Crippen LogP contribution in [0.3, 0.4) is 0 Å². The number of allylic oxidation sites excluding steroid dienone is 1. The normalized spacial score (nSPS) is 12.9. The molecule has 0 amide bonds. The molecule has 1 aromatic rings. The topological polar surface area (TPSA) is 58.9 Å². The van der Waals surface area contributed by atoms with E-state index in [2.05, 4.69) is 4.99 Å². The van der Waals surface area contributed by atoms with Gasteiger partial charge in [0.15, 0.2) is 5.75 Å². The molecule has 1 heterocycles. The van der Waals surface area contributed by atoms with Gasteiger partial charge in [0, 0.05) is 6.21 Å². The van der Waals surface area contributed by atoms with Gasteiger partial charge in [0.2, 0.25) is 0 Å². The van der Waals surface area contributed by atoms with E-state index in [4.69, 9.17) is 9.84 Å². The van der Waals surface area contributed by atoms with Crippen molar-refractivity contribution in [2.75, 3.05) is 0 Å². The molecule has 1 aromatic carbocycles. The minimum absolute atomic E-state index is 0.200. The van der Waals surface area contributed by atoms with E-state index >= 15 is 0 Å². The second kappa shape index (κ2) is 3.33. The van der Waals surface area contributed by atoms with E-state index in [0.29, 0.717) is 11.4 Å². The minimum atomic E-state index is -0.972. The van der Waals surface area contributed by atoms with Crippen LogP contribution in [0.4, 0.5) is 5.69 Å². The van der Waals surface area contributed by atoms with Crippen LogP contribution in [0, 0.1) is 0 Å². The molecular formula is C10H7NO3. The zero-order valence-electron chi connectivity index (χ0n) is 7.18. The molecule has 1 N–H and O–H groups in total. The van der Waals surface area contributed by atoms with Crippen molar-refractivity contribution in [3.63, 3.8) is 0 Å². The Bertz CT molecular complexity index is 435. The zero-order chi connectivity index (χ0) is 9.97. The van der Waals surface area contributed by atoms with E-state index in [9.17, 15) is 4.79 Å². The summed E-state index contributed by atoms with van der Waals surface area (Å²) in [6, 6.07) is 4.54. The van der Waals surface area contributed by atoms with E-state index in [1.165, 1.54) is 18.4 Å². The van der Waals surface area contributed by atoms with E-state index in [1.54, 1.807) is 18.4 Å². The third kappa shape index (κ3) is 1.50. The fraction of sp³-hybridized carbons (Fsp3) is 0. The van der Waals surface area contributed by atoms with Gasteiger partial charge in [-0.2, -0.15) is 0 Å². The number of aromatic carboxylic acids is 1. The predicted octanol–water partition coefficient (Wildman–Crippen LogP) is 1.99. The third-order valence-electron chi connectivity index (χ3n) is 1.78. The summed E-state index contributed by atoms with van der Waals surface area (Å²) in [5.74, 6) is -0.416. The number of carboxylic acid groups (broad SMARTS) is 1. The van der Waals surface area contributed by atoms with Gasteiger partial charge in [0.1, 0.15) is 5.69 Å². The first-order valence-corrected chi connectivity index (χ1v) is 4.00. The molecular weight excluding hydrogens is 182 g/mol. The Morgan fingerprint density at radius 3 is 3.07 bits per heavy atom. The van der Waals surface area contributed by atoms with Gasteiger partial charge in [-0.3, -0.25) is 4.99 Å². The molecule has 1 aliphatic heterocycles. The van der Waals surface area contributed by atoms with Crippen LogP contribution in [-0.2, 0) is 0 Å². The van der Waals surface area contributed by atoms with Gasteiger partial charge in [-0.15, -0.1) is 0 Å². The number of ether oxygens (including phenoxy) is 1. The van der Waals surface area contributed by atoms with Crippen molar-refractivity contribution in [3.05, 3.63) is 36.1 Å². The van der Waals surface area contributed by atoms with E-state index in [-0.39, 0.29) is 5.56 Å². The average Bonchev–Trinajstić information content (AvgIpc) is 2.41. The van der Waals surface area contributed by atoms with Crippen LogP contribution in [0.1, 0.15) is 10.4 Å². The lowest BCUT2D eigenvalue weighted by Gasteiger charge is -2.03. The Morgan fingerprint density at radius 1 is 1.43 bits per heavy atom. The van der Waals surface area contributed by atoms with E-state index in [0.717, 1.165) is 0 Å². The number of rotatable bonds is 1. The first kappa shape index (κ1) is 8.50. The Hall–Kier alpha value is -2.10. The summed E-state index contributed by atoms with van der Waals surface area (Å²) in [7, 11) is 0. The number of hydrogen-bond acceptors (Lipinski definition) is 3. The van der Waals surface area contributed by atoms with Crippen molar-refractivity contribution in [2.45, 2.75) is 0 Å². The number of aliphatic imine (C=N–C) groups is 1. The molecule has 4 heteroatoms. The van der Waals surface area contributed by atoms with E-state index in [1.807, 2.05) is 0 Å². The van der Waals surface area contributed by atoms with Gasteiger partial charge in [0.25, 0.3) is 0 Å². The number of carbonyl (C=O) groups is 1. The van der Waals surface area contributed by atoms with Crippen molar-refractivity contribution >= 4 is 17.9 Å². The minimum Gasteiger partial charge on any atom is -0.478 e. The quantitative estimate of drug-likeness (QED) is 0.734. The first-order valence-electron chi connectivity index (χ1n) is 4.00. The summed E-state index contributed by atoms with van der Waals surface area (Å²) < 4.78 is 5.18. The van der Waals surface area contributed by atoms with Gasteiger partial charge in [0.05, 0.1) is 11.8 Å². The number of fused-ring (bicyclic) bond motifs is 1. The molecule has 4 nitrogen and oxygen atoms in total. The maximum absolute atomic E-state index is 10.7. The van der Waals surface area contributed by atoms with Crippen molar-refractivity contribution in [1.82, 2.24) is 0 Å². The maximum Gasteiger partial charge on any atom is 0.335 e. The lowest BCUT2D eigenvalue weighted by Crippen LogP contribution is -1.95. The first-order chi connectivity index (χ1) is 6.77. The van der Waals surface area contributed by atoms with Crippen LogP contribution >= 0.6 is 0 Å². The van der Waals surface area contributed by atoms with Gasteiger partial charge >= 0.3 is 5.97 Å². The number of hydrogen-bond donors (Lipinski definition) is 1. The van der Waals surface area contributed by atoms with Gasteiger partial charge in [-0.05, 0) is 24.3 Å². The van der Waals surface area contributed by atoms with Crippen molar-refractivity contribution in [3.8, 4) is 5.75 Å². The van der Waals surface area contributed by atoms with Crippen LogP contribution < -0.4 is 4.74 Å². The van der Waals surface area contributed by atoms with Crippen LogP contribution in [0.25, 0.3) is 0 Å². The highest BCUT2D eigenvalue weighted by Crippen LogP contribution is 2.29. The van der Waals surface area contributed by atoms with Crippen LogP contribution in [0.2, 0.25) is 0 Å². The second-order valence-corrected chi connectivity index (χ2v) is 2.71. The zero-order valence-corrected chi connectivity index (χ0v) is 7.18. The fourth-order valence-electron chi connectivity index (χ4n) is 1.12. The SMILES string of the molecule is O=C(O)c1ccc2c(c1)N=CC=CO2. The number of carboxylic acids is 1. The molecule has 0 radical (unpaired) electrons. The summed E-state index contributed by atoms with van der Waals surface area (Å²) in [6.45, 7) is 0. The molecule has 2 rings (SSSR count). The Balaban J connectivity index is 2.49. The standard InChI is InChI=1S/C10H7NO3/c12-10(13)7-2-3-9-8(6-7)11-4-1-5-14-9/h1-6H,(H,12,13). The summed E-state index contributed by atoms with van der Waals surface area (Å²) in [6.07, 6.45) is 4.69. The average molecular weight is 189 g/mol. The molecule has 70 valence electrons. The van der Waals surface area contributed by atoms with Crippen LogP contribution in [0.15, 0.2) is 35.5 Å². The Labute approximate surface area is 80.2 Å². The smallest absolute Gasteiger partial charge is 0.335 e. The van der Waals surface area contributed by atoms with Crippen LogP contribution in [-0.4, -0.2) is 17.3 Å². The summed E-state index contributed by atoms with van der Waals surface area (Å²) in [5, 5.41) is 8.75. The Kier molecular flexibility index (Phi) is 2.02. The lowest BCUT2D eigenvalue weighted by atomic mass is 10.2. The molecule has 0 unspecified atom stereocenters. The van der Waals surface area contributed by atoms with Crippen LogP contribution in [0.5, 0.6) is 5.75 Å². The summed E-state index contributed by atoms with van der Waals surface area (Å²) in [5.41, 5.74) is 0.723. The number of benzene rings is 1. The van der Waals surface area contributed by atoms with Gasteiger partial charge in [-0.1, -0.05) is 0 Å². The Morgan fingerprint density at radius 2 is 2.29 bits per heavy atom. The highest BCUT2D eigenvalue weighted by Gasteiger charge is 2.08. The fourth-order valence-corrected chi connectivity index (χ4v) is 1.12. The lowest BCUT2D eigenvalue weighted by molar-refractivity contribution is 0.0697. The summed E-state index contributed by atoms with van der Waals surface area (Å²) >= 11 is 0. The molecule has 0 atom stereocenters. The van der Waals surface area contributed by atoms with Crippen molar-refractivity contribution in [2.24, 2.45) is 4.99 Å². The highest BCUT2D eigenvalue weighted by molar-refractivity contribution is 5.90. The third-order valence-corrected chi connectivity index (χ3v) is 1.78. The second-order valence-electron chi connectivity index (χ2n) is 2.71. The molecule has 0 bridgehead atoms. The molecule has 0 aliphatic carbocycles. The molecule has 0 aromatic heterocycles. The maximum atomic E-state index is 10.7. The molecule has 0 spiro atoms. The monoisotopic (exact) mass is 189 g/mol. The molecule has 1 aliphatic rings. The van der Waals surface area contributed by atoms with Crippen molar-refractivity contribution < 1.29 is 14.6 Å². The van der Waals surface area contributed by atoms with Gasteiger partial charge in [-0.25, -0.2) is 4.79 Å². The highest BCUT2D eigenvalue weighted by atomic mass is 16.5. The predicted molar refractivity (Wildman–Crippen MR) is 51.3 cm³/mol. The molecule has 14 heavy (non-hydrogen) atoms. The largest absolute Gasteiger partial charge is 0.478 e. The van der Waals surface area contributed by atoms with Gasteiger partial charge < -0.3 is 9.84 Å². The number of nitrogens with zero attached hydrogens (tertiary/aromatic N) is 1.